The van der Waals surface area contributed by atoms with Crippen molar-refractivity contribution in [2.75, 3.05) is 18.4 Å². The molecule has 8 nitrogen and oxygen atoms in total. The number of fused-ring (bicyclic) bond motifs is 1. The first-order chi connectivity index (χ1) is 12.5. The monoisotopic (exact) mass is 376 g/mol. The summed E-state index contributed by atoms with van der Waals surface area (Å²) in [4.78, 5) is 41.0. The molecule has 0 radical (unpaired) electrons. The number of hydrogen-bond donors (Lipinski definition) is 3. The fourth-order valence-corrected chi connectivity index (χ4v) is 3.84. The average molecular weight is 376 g/mol. The number of amides is 3. The Bertz CT molecular complexity index is 800. The summed E-state index contributed by atoms with van der Waals surface area (Å²) in [7, 11) is 0. The third-order valence-electron chi connectivity index (χ3n) is 4.03. The maximum atomic E-state index is 12.0. The molecule has 26 heavy (non-hydrogen) atoms. The van der Waals surface area contributed by atoms with Crippen LogP contribution in [-0.2, 0) is 22.4 Å². The summed E-state index contributed by atoms with van der Waals surface area (Å²) in [6, 6.07) is 3.07. The number of carbonyl (C=O) groups is 3. The predicted octanol–water partition coefficient (Wildman–Crippen LogP) is 1.35. The van der Waals surface area contributed by atoms with Crippen molar-refractivity contribution in [3.05, 3.63) is 34.7 Å². The molecular formula is C17H20N4O4S. The van der Waals surface area contributed by atoms with Gasteiger partial charge in [-0.25, -0.2) is 4.98 Å². The van der Waals surface area contributed by atoms with Gasteiger partial charge in [0.05, 0.1) is 25.0 Å². The van der Waals surface area contributed by atoms with Crippen LogP contribution in [0.4, 0.5) is 5.13 Å². The predicted molar refractivity (Wildman–Crippen MR) is 96.0 cm³/mol. The maximum absolute atomic E-state index is 12.0. The Hall–Kier alpha value is -2.68. The van der Waals surface area contributed by atoms with Crippen LogP contribution in [0.25, 0.3) is 0 Å². The van der Waals surface area contributed by atoms with Crippen molar-refractivity contribution >= 4 is 34.2 Å². The topological polar surface area (TPSA) is 113 Å². The standard InChI is InChI=1S/C17H20N4O4S/c1-10-4-5-11-13(7-10)26-17(20-11)21-15(23)9-18-14(22)8-19-16(24)12-3-2-6-25-12/h2-3,6,10H,4-5,7-9H2,1H3,(H,18,22)(H,19,24)(H,20,21,23). The lowest BCUT2D eigenvalue weighted by Gasteiger charge is -2.15. The first kappa shape index (κ1) is 18.1. The smallest absolute Gasteiger partial charge is 0.287 e. The van der Waals surface area contributed by atoms with Crippen molar-refractivity contribution in [3.8, 4) is 0 Å². The zero-order valence-electron chi connectivity index (χ0n) is 14.3. The number of aryl methyl sites for hydroxylation is 1. The molecule has 138 valence electrons. The zero-order chi connectivity index (χ0) is 18.5. The Labute approximate surface area is 154 Å². The van der Waals surface area contributed by atoms with Gasteiger partial charge < -0.3 is 20.4 Å². The highest BCUT2D eigenvalue weighted by atomic mass is 32.1. The van der Waals surface area contributed by atoms with Crippen molar-refractivity contribution in [2.24, 2.45) is 5.92 Å². The molecule has 2 heterocycles. The van der Waals surface area contributed by atoms with Gasteiger partial charge in [0.15, 0.2) is 10.9 Å². The third kappa shape index (κ3) is 4.69. The van der Waals surface area contributed by atoms with Crippen LogP contribution in [0, 0.1) is 5.92 Å². The van der Waals surface area contributed by atoms with Crippen LogP contribution < -0.4 is 16.0 Å². The number of anilines is 1. The van der Waals surface area contributed by atoms with Crippen molar-refractivity contribution in [1.82, 2.24) is 15.6 Å². The van der Waals surface area contributed by atoms with E-state index in [-0.39, 0.29) is 24.8 Å². The molecule has 3 amide bonds. The summed E-state index contributed by atoms with van der Waals surface area (Å²) in [5.41, 5.74) is 1.06. The molecule has 1 aliphatic rings. The second-order valence-corrected chi connectivity index (χ2v) is 7.31. The number of hydrogen-bond acceptors (Lipinski definition) is 6. The van der Waals surface area contributed by atoms with Gasteiger partial charge in [-0.05, 0) is 37.3 Å². The quantitative estimate of drug-likeness (QED) is 0.704. The Morgan fingerprint density at radius 2 is 2.08 bits per heavy atom. The molecule has 1 unspecified atom stereocenters. The highest BCUT2D eigenvalue weighted by Crippen LogP contribution is 2.31. The minimum atomic E-state index is -0.489. The van der Waals surface area contributed by atoms with Gasteiger partial charge >= 0.3 is 0 Å². The normalized spacial score (nSPS) is 15.8. The summed E-state index contributed by atoms with van der Waals surface area (Å²) < 4.78 is 4.92. The van der Waals surface area contributed by atoms with Crippen molar-refractivity contribution in [2.45, 2.75) is 26.2 Å². The van der Waals surface area contributed by atoms with Gasteiger partial charge in [-0.3, -0.25) is 14.4 Å². The van der Waals surface area contributed by atoms with Crippen molar-refractivity contribution < 1.29 is 18.8 Å². The molecule has 2 aromatic rings. The number of nitrogens with zero attached hydrogens (tertiary/aromatic N) is 1. The molecule has 1 atom stereocenters. The van der Waals surface area contributed by atoms with Crippen molar-refractivity contribution in [3.63, 3.8) is 0 Å². The van der Waals surface area contributed by atoms with Crippen LogP contribution in [0.3, 0.4) is 0 Å². The minimum absolute atomic E-state index is 0.123. The van der Waals surface area contributed by atoms with E-state index in [1.807, 2.05) is 0 Å². The first-order valence-electron chi connectivity index (χ1n) is 8.38. The summed E-state index contributed by atoms with van der Waals surface area (Å²) >= 11 is 1.49. The molecule has 0 saturated heterocycles. The molecule has 2 aromatic heterocycles. The Kier molecular flexibility index (Phi) is 5.67. The molecule has 0 aliphatic heterocycles. The summed E-state index contributed by atoms with van der Waals surface area (Å²) in [6.07, 6.45) is 4.42. The van der Waals surface area contributed by atoms with E-state index in [0.29, 0.717) is 11.0 Å². The van der Waals surface area contributed by atoms with Gasteiger partial charge in [-0.2, -0.15) is 0 Å². The molecule has 3 N–H and O–H groups in total. The summed E-state index contributed by atoms with van der Waals surface area (Å²) in [5.74, 6) is -0.542. The number of rotatable bonds is 6. The lowest BCUT2D eigenvalue weighted by atomic mass is 9.93. The second kappa shape index (κ2) is 8.13. The van der Waals surface area contributed by atoms with E-state index in [9.17, 15) is 14.4 Å². The number of carbonyl (C=O) groups excluding carboxylic acids is 3. The number of furan rings is 1. The molecule has 3 rings (SSSR count). The average Bonchev–Trinajstić information content (AvgIpc) is 3.26. The number of thiazole rings is 1. The SMILES string of the molecule is CC1CCc2nc(NC(=O)CNC(=O)CNC(=O)c3ccco3)sc2C1. The van der Waals surface area contributed by atoms with Gasteiger partial charge in [0, 0.05) is 4.88 Å². The first-order valence-corrected chi connectivity index (χ1v) is 9.19. The van der Waals surface area contributed by atoms with Gasteiger partial charge in [-0.15, -0.1) is 11.3 Å². The molecule has 1 aliphatic carbocycles. The molecule has 9 heteroatoms. The lowest BCUT2D eigenvalue weighted by Crippen LogP contribution is -2.40. The molecule has 0 spiro atoms. The highest BCUT2D eigenvalue weighted by Gasteiger charge is 2.20. The summed E-state index contributed by atoms with van der Waals surface area (Å²) in [5, 5.41) is 8.13. The van der Waals surface area contributed by atoms with Crippen LogP contribution in [0.15, 0.2) is 22.8 Å². The van der Waals surface area contributed by atoms with Crippen LogP contribution in [0.2, 0.25) is 0 Å². The number of aromatic nitrogens is 1. The van der Waals surface area contributed by atoms with Gasteiger partial charge in [0.1, 0.15) is 0 Å². The lowest BCUT2D eigenvalue weighted by molar-refractivity contribution is -0.123. The maximum Gasteiger partial charge on any atom is 0.287 e. The van der Waals surface area contributed by atoms with Crippen LogP contribution >= 0.6 is 11.3 Å². The van der Waals surface area contributed by atoms with Crippen LogP contribution in [0.5, 0.6) is 0 Å². The Morgan fingerprint density at radius 3 is 2.85 bits per heavy atom. The molecular weight excluding hydrogens is 356 g/mol. The van der Waals surface area contributed by atoms with E-state index in [1.54, 1.807) is 6.07 Å². The van der Waals surface area contributed by atoms with E-state index in [1.165, 1.54) is 28.5 Å². The van der Waals surface area contributed by atoms with E-state index in [4.69, 9.17) is 4.42 Å². The molecule has 0 bridgehead atoms. The number of nitrogens with one attached hydrogen (secondary N) is 3. The highest BCUT2D eigenvalue weighted by molar-refractivity contribution is 7.15. The van der Waals surface area contributed by atoms with Crippen LogP contribution in [0.1, 0.15) is 34.5 Å². The molecule has 0 aromatic carbocycles. The van der Waals surface area contributed by atoms with E-state index in [0.717, 1.165) is 25.0 Å². The van der Waals surface area contributed by atoms with Crippen LogP contribution in [-0.4, -0.2) is 35.8 Å². The molecule has 0 fully saturated rings. The fourth-order valence-electron chi connectivity index (χ4n) is 2.65. The van der Waals surface area contributed by atoms with E-state index in [2.05, 4.69) is 27.9 Å². The van der Waals surface area contributed by atoms with Gasteiger partial charge in [0.25, 0.3) is 5.91 Å². The van der Waals surface area contributed by atoms with Crippen molar-refractivity contribution in [1.29, 1.82) is 0 Å². The largest absolute Gasteiger partial charge is 0.459 e. The van der Waals surface area contributed by atoms with E-state index >= 15 is 0 Å². The third-order valence-corrected chi connectivity index (χ3v) is 5.07. The Balaban J connectivity index is 1.40. The second-order valence-electron chi connectivity index (χ2n) is 6.22. The Morgan fingerprint density at radius 1 is 1.27 bits per heavy atom. The zero-order valence-corrected chi connectivity index (χ0v) is 15.1. The fraction of sp³-hybridized carbons (Fsp3) is 0.412. The molecule has 0 saturated carbocycles. The van der Waals surface area contributed by atoms with Gasteiger partial charge in [0.2, 0.25) is 11.8 Å². The minimum Gasteiger partial charge on any atom is -0.459 e. The van der Waals surface area contributed by atoms with E-state index < -0.39 is 11.8 Å². The van der Waals surface area contributed by atoms with Gasteiger partial charge in [-0.1, -0.05) is 6.92 Å². The summed E-state index contributed by atoms with van der Waals surface area (Å²) in [6.45, 7) is 1.79.